The first-order valence-electron chi connectivity index (χ1n) is 7.16. The first kappa shape index (κ1) is 16.1. The Bertz CT molecular complexity index is 285. The summed E-state index contributed by atoms with van der Waals surface area (Å²) >= 11 is 0. The number of halogens is 1. The molecular formula is C14H28IN3. The fourth-order valence-corrected chi connectivity index (χ4v) is 2.94. The lowest BCUT2D eigenvalue weighted by atomic mass is 9.83. The van der Waals surface area contributed by atoms with Crippen molar-refractivity contribution < 1.29 is 0 Å². The standard InChI is InChI=1S/C14H27N3.HI/c1-4-14(7-5-6-8-14)10-16-13(15-3)17-12-9-11(12)2;/h11-12H,4-10H2,1-3H3,(H2,15,16,17);1H. The summed E-state index contributed by atoms with van der Waals surface area (Å²) in [4.78, 5) is 4.32. The summed E-state index contributed by atoms with van der Waals surface area (Å²) in [7, 11) is 1.87. The van der Waals surface area contributed by atoms with Gasteiger partial charge in [-0.15, -0.1) is 24.0 Å². The molecule has 2 rings (SSSR count). The molecule has 0 aromatic rings. The highest BCUT2D eigenvalue weighted by molar-refractivity contribution is 14.0. The molecule has 0 aromatic heterocycles. The number of nitrogens with one attached hydrogen (secondary N) is 2. The molecule has 2 aliphatic rings. The van der Waals surface area contributed by atoms with Crippen molar-refractivity contribution in [2.24, 2.45) is 16.3 Å². The minimum atomic E-state index is 0. The molecule has 2 fully saturated rings. The Morgan fingerprint density at radius 3 is 2.39 bits per heavy atom. The van der Waals surface area contributed by atoms with Gasteiger partial charge in [0, 0.05) is 19.6 Å². The van der Waals surface area contributed by atoms with Crippen molar-refractivity contribution in [1.82, 2.24) is 10.6 Å². The van der Waals surface area contributed by atoms with E-state index in [1.54, 1.807) is 0 Å². The first-order valence-corrected chi connectivity index (χ1v) is 7.16. The molecule has 0 heterocycles. The van der Waals surface area contributed by atoms with Gasteiger partial charge in [-0.3, -0.25) is 4.99 Å². The van der Waals surface area contributed by atoms with Crippen LogP contribution in [0.4, 0.5) is 0 Å². The Labute approximate surface area is 129 Å². The number of aliphatic imine (C=N–C) groups is 1. The molecule has 2 atom stereocenters. The number of nitrogens with zero attached hydrogens (tertiary/aromatic N) is 1. The number of hydrogen-bond donors (Lipinski definition) is 2. The Morgan fingerprint density at radius 1 is 1.33 bits per heavy atom. The van der Waals surface area contributed by atoms with E-state index in [4.69, 9.17) is 0 Å². The first-order chi connectivity index (χ1) is 8.19. The second-order valence-corrected chi connectivity index (χ2v) is 5.95. The smallest absolute Gasteiger partial charge is 0.191 e. The van der Waals surface area contributed by atoms with E-state index in [9.17, 15) is 0 Å². The van der Waals surface area contributed by atoms with Gasteiger partial charge in [0.15, 0.2) is 5.96 Å². The highest BCUT2D eigenvalue weighted by Crippen LogP contribution is 2.40. The van der Waals surface area contributed by atoms with Crippen LogP contribution in [0.3, 0.4) is 0 Å². The Kier molecular flexibility index (Phi) is 6.21. The fourth-order valence-electron chi connectivity index (χ4n) is 2.94. The molecule has 0 amide bonds. The number of guanidine groups is 1. The molecule has 2 saturated carbocycles. The van der Waals surface area contributed by atoms with Crippen LogP contribution in [0.25, 0.3) is 0 Å². The molecule has 0 aromatic carbocycles. The molecule has 2 aliphatic carbocycles. The van der Waals surface area contributed by atoms with Crippen LogP contribution in [-0.2, 0) is 0 Å². The maximum atomic E-state index is 4.32. The largest absolute Gasteiger partial charge is 0.356 e. The van der Waals surface area contributed by atoms with Gasteiger partial charge in [-0.05, 0) is 37.0 Å². The SMILES string of the molecule is CCC1(CNC(=NC)NC2CC2C)CCCC1.I. The molecule has 2 unspecified atom stereocenters. The van der Waals surface area contributed by atoms with Gasteiger partial charge in [0.2, 0.25) is 0 Å². The van der Waals surface area contributed by atoms with Gasteiger partial charge in [-0.1, -0.05) is 26.7 Å². The Morgan fingerprint density at radius 2 is 1.94 bits per heavy atom. The molecule has 0 radical (unpaired) electrons. The van der Waals surface area contributed by atoms with Crippen LogP contribution in [-0.4, -0.2) is 25.6 Å². The highest BCUT2D eigenvalue weighted by atomic mass is 127. The van der Waals surface area contributed by atoms with E-state index in [-0.39, 0.29) is 24.0 Å². The number of hydrogen-bond acceptors (Lipinski definition) is 1. The number of rotatable bonds is 4. The summed E-state index contributed by atoms with van der Waals surface area (Å²) in [5.74, 6) is 1.82. The highest BCUT2D eigenvalue weighted by Gasteiger charge is 2.35. The van der Waals surface area contributed by atoms with Crippen LogP contribution in [0, 0.1) is 11.3 Å². The maximum Gasteiger partial charge on any atom is 0.191 e. The Balaban J connectivity index is 0.00000162. The quantitative estimate of drug-likeness (QED) is 0.456. The zero-order chi connectivity index (χ0) is 12.3. The second kappa shape index (κ2) is 6.96. The van der Waals surface area contributed by atoms with Crippen molar-refractivity contribution in [3.8, 4) is 0 Å². The normalized spacial score (nSPS) is 29.6. The second-order valence-electron chi connectivity index (χ2n) is 5.95. The van der Waals surface area contributed by atoms with Crippen molar-refractivity contribution in [2.45, 2.75) is 58.4 Å². The van der Waals surface area contributed by atoms with Crippen LogP contribution in [0.5, 0.6) is 0 Å². The van der Waals surface area contributed by atoms with Crippen molar-refractivity contribution in [1.29, 1.82) is 0 Å². The molecule has 106 valence electrons. The maximum absolute atomic E-state index is 4.32. The molecule has 0 spiro atoms. The van der Waals surface area contributed by atoms with Crippen LogP contribution < -0.4 is 10.6 Å². The molecular weight excluding hydrogens is 337 g/mol. The molecule has 0 aliphatic heterocycles. The molecule has 0 saturated heterocycles. The van der Waals surface area contributed by atoms with Crippen molar-refractivity contribution in [3.63, 3.8) is 0 Å². The van der Waals surface area contributed by atoms with E-state index < -0.39 is 0 Å². The van der Waals surface area contributed by atoms with Gasteiger partial charge in [0.1, 0.15) is 0 Å². The molecule has 0 bridgehead atoms. The molecule has 18 heavy (non-hydrogen) atoms. The zero-order valence-electron chi connectivity index (χ0n) is 12.0. The lowest BCUT2D eigenvalue weighted by molar-refractivity contribution is 0.283. The van der Waals surface area contributed by atoms with Crippen molar-refractivity contribution >= 4 is 29.9 Å². The van der Waals surface area contributed by atoms with Gasteiger partial charge in [0.25, 0.3) is 0 Å². The minimum Gasteiger partial charge on any atom is -0.356 e. The minimum absolute atomic E-state index is 0. The Hall–Kier alpha value is 0. The van der Waals surface area contributed by atoms with Crippen molar-refractivity contribution in [3.05, 3.63) is 0 Å². The van der Waals surface area contributed by atoms with E-state index in [0.29, 0.717) is 11.5 Å². The van der Waals surface area contributed by atoms with E-state index in [1.165, 1.54) is 38.5 Å². The monoisotopic (exact) mass is 365 g/mol. The van der Waals surface area contributed by atoms with E-state index >= 15 is 0 Å². The molecule has 3 nitrogen and oxygen atoms in total. The third-order valence-electron chi connectivity index (χ3n) is 4.70. The van der Waals surface area contributed by atoms with Gasteiger partial charge in [-0.25, -0.2) is 0 Å². The summed E-state index contributed by atoms with van der Waals surface area (Å²) in [6.45, 7) is 5.70. The van der Waals surface area contributed by atoms with E-state index in [2.05, 4.69) is 29.5 Å². The summed E-state index contributed by atoms with van der Waals surface area (Å²) in [5.41, 5.74) is 0.535. The van der Waals surface area contributed by atoms with Crippen LogP contribution in [0.15, 0.2) is 4.99 Å². The van der Waals surface area contributed by atoms with E-state index in [0.717, 1.165) is 18.4 Å². The summed E-state index contributed by atoms with van der Waals surface area (Å²) in [5, 5.41) is 7.03. The lowest BCUT2D eigenvalue weighted by Crippen LogP contribution is -2.43. The molecule has 2 N–H and O–H groups in total. The molecule has 4 heteroatoms. The average Bonchev–Trinajstić information content (AvgIpc) is 2.85. The van der Waals surface area contributed by atoms with Crippen LogP contribution in [0.1, 0.15) is 52.4 Å². The zero-order valence-corrected chi connectivity index (χ0v) is 14.3. The van der Waals surface area contributed by atoms with Gasteiger partial charge >= 0.3 is 0 Å². The van der Waals surface area contributed by atoms with Gasteiger partial charge in [0.05, 0.1) is 0 Å². The summed E-state index contributed by atoms with van der Waals surface area (Å²) in [6.07, 6.45) is 8.15. The average molecular weight is 365 g/mol. The fraction of sp³-hybridized carbons (Fsp3) is 0.929. The van der Waals surface area contributed by atoms with Crippen LogP contribution >= 0.6 is 24.0 Å². The van der Waals surface area contributed by atoms with Crippen LogP contribution in [0.2, 0.25) is 0 Å². The predicted molar refractivity (Wildman–Crippen MR) is 88.7 cm³/mol. The lowest BCUT2D eigenvalue weighted by Gasteiger charge is -2.28. The summed E-state index contributed by atoms with van der Waals surface area (Å²) < 4.78 is 0. The third-order valence-corrected chi connectivity index (χ3v) is 4.70. The topological polar surface area (TPSA) is 36.4 Å². The van der Waals surface area contributed by atoms with Crippen molar-refractivity contribution in [2.75, 3.05) is 13.6 Å². The van der Waals surface area contributed by atoms with E-state index in [1.807, 2.05) is 7.05 Å². The van der Waals surface area contributed by atoms with Gasteiger partial charge < -0.3 is 10.6 Å². The van der Waals surface area contributed by atoms with Gasteiger partial charge in [-0.2, -0.15) is 0 Å². The third kappa shape index (κ3) is 4.00. The summed E-state index contributed by atoms with van der Waals surface area (Å²) in [6, 6.07) is 0.655. The predicted octanol–water partition coefficient (Wildman–Crippen LogP) is 3.15.